The number of hydrogen-bond acceptors (Lipinski definition) is 14. The molecule has 2 rings (SSSR count). The summed E-state index contributed by atoms with van der Waals surface area (Å²) in [5.74, 6) is -3.48. The zero-order valence-electron chi connectivity index (χ0n) is 31.5. The van der Waals surface area contributed by atoms with Crippen LogP contribution in [0.5, 0.6) is 0 Å². The average molecular weight is 825 g/mol. The van der Waals surface area contributed by atoms with Crippen molar-refractivity contribution in [1.82, 2.24) is 16.0 Å². The molecule has 0 spiro atoms. The number of ether oxygens (including phenoxy) is 8. The van der Waals surface area contributed by atoms with Gasteiger partial charge in [0.05, 0.1) is 32.0 Å². The number of amides is 3. The Bertz CT molecular complexity index is 1280. The van der Waals surface area contributed by atoms with Crippen molar-refractivity contribution in [3.8, 4) is 0 Å². The van der Waals surface area contributed by atoms with E-state index in [0.29, 0.717) is 0 Å². The quantitative estimate of drug-likeness (QED) is 0.0795. The molecular formula is C31H52Cl3N3O14Si. The maximum absolute atomic E-state index is 14.1. The van der Waals surface area contributed by atoms with Gasteiger partial charge in [-0.2, -0.15) is 0 Å². The Morgan fingerprint density at radius 3 is 2.02 bits per heavy atom. The van der Waals surface area contributed by atoms with Crippen molar-refractivity contribution in [3.05, 3.63) is 0 Å². The van der Waals surface area contributed by atoms with Crippen LogP contribution >= 0.6 is 34.8 Å². The van der Waals surface area contributed by atoms with Crippen molar-refractivity contribution in [1.29, 1.82) is 0 Å². The summed E-state index contributed by atoms with van der Waals surface area (Å²) in [5, 5.41) is 7.53. The molecule has 0 aliphatic carbocycles. The number of rotatable bonds is 13. The first-order chi connectivity index (χ1) is 23.7. The maximum Gasteiger partial charge on any atom is 0.407 e. The summed E-state index contributed by atoms with van der Waals surface area (Å²) in [4.78, 5) is 63.9. The summed E-state index contributed by atoms with van der Waals surface area (Å²) >= 11 is 17.1. The molecule has 2 saturated heterocycles. The van der Waals surface area contributed by atoms with Crippen molar-refractivity contribution in [2.24, 2.45) is 0 Å². The Morgan fingerprint density at radius 2 is 1.54 bits per heavy atom. The van der Waals surface area contributed by atoms with Gasteiger partial charge in [-0.15, -0.1) is 0 Å². The molecule has 300 valence electrons. The number of alkyl carbamates (subject to hydrolysis) is 2. The smallest absolute Gasteiger partial charge is 0.407 e. The van der Waals surface area contributed by atoms with Crippen molar-refractivity contribution in [2.45, 2.75) is 145 Å². The lowest BCUT2D eigenvalue weighted by atomic mass is 9.96. The van der Waals surface area contributed by atoms with Crippen LogP contribution in [-0.2, 0) is 56.7 Å². The van der Waals surface area contributed by atoms with Gasteiger partial charge in [0.15, 0.2) is 32.5 Å². The van der Waals surface area contributed by atoms with E-state index in [1.54, 1.807) is 20.8 Å². The van der Waals surface area contributed by atoms with Gasteiger partial charge in [0.1, 0.15) is 18.8 Å². The molecule has 0 aromatic carbocycles. The van der Waals surface area contributed by atoms with E-state index in [2.05, 4.69) is 16.0 Å². The summed E-state index contributed by atoms with van der Waals surface area (Å²) in [5.41, 5.74) is 0. The summed E-state index contributed by atoms with van der Waals surface area (Å²) in [7, 11) is -1.31. The topological polar surface area (TPSA) is 205 Å². The maximum atomic E-state index is 14.1. The summed E-state index contributed by atoms with van der Waals surface area (Å²) in [6.45, 7) is 18.0. The van der Waals surface area contributed by atoms with Gasteiger partial charge in [-0.25, -0.2) is 9.59 Å². The van der Waals surface area contributed by atoms with E-state index < -0.39 is 110 Å². The Hall–Kier alpha value is -2.16. The SMILES string of the molecule is COC(=O)N[C@H](C(=O)NC(O[C@@H]1O[C@@H](C)[C@@H](NC(=O)OCC(Cl)(Cl)Cl)[C@@H](OC(C)=O)[C@H]1OC(C)=O)[C@H]1COC(C)(C)O1)[C@@H](C)O[Si](C)(C)C(C)(C)C. The second-order valence-electron chi connectivity index (χ2n) is 14.3. The minimum atomic E-state index is -2.46. The predicted molar refractivity (Wildman–Crippen MR) is 189 cm³/mol. The largest absolute Gasteiger partial charge is 0.456 e. The number of hydrogen-bond donors (Lipinski definition) is 3. The van der Waals surface area contributed by atoms with Gasteiger partial charge in [-0.3, -0.25) is 14.4 Å². The number of nitrogens with one attached hydrogen (secondary N) is 3. The highest BCUT2D eigenvalue weighted by Crippen LogP contribution is 2.38. The zero-order valence-corrected chi connectivity index (χ0v) is 34.7. The number of carbonyl (C=O) groups is 5. The normalized spacial score (nSPS) is 26.6. The third-order valence-electron chi connectivity index (χ3n) is 8.49. The van der Waals surface area contributed by atoms with E-state index in [1.165, 1.54) is 6.92 Å². The molecule has 3 amide bonds. The minimum absolute atomic E-state index is 0.0732. The molecule has 2 heterocycles. The monoisotopic (exact) mass is 823 g/mol. The second kappa shape index (κ2) is 18.4. The Balaban J connectivity index is 2.51. The lowest BCUT2D eigenvalue weighted by Crippen LogP contribution is -2.67. The van der Waals surface area contributed by atoms with Crippen molar-refractivity contribution in [3.63, 3.8) is 0 Å². The Morgan fingerprint density at radius 1 is 0.962 bits per heavy atom. The first-order valence-corrected chi connectivity index (χ1v) is 20.5. The predicted octanol–water partition coefficient (Wildman–Crippen LogP) is 3.80. The molecule has 2 fully saturated rings. The molecular weight excluding hydrogens is 773 g/mol. The molecule has 9 atom stereocenters. The van der Waals surface area contributed by atoms with Gasteiger partial charge < -0.3 is 58.3 Å². The fraction of sp³-hybridized carbons (Fsp3) is 0.839. The highest BCUT2D eigenvalue weighted by atomic mass is 35.6. The van der Waals surface area contributed by atoms with Gasteiger partial charge in [-0.1, -0.05) is 55.6 Å². The van der Waals surface area contributed by atoms with Crippen LogP contribution in [0.1, 0.15) is 62.3 Å². The fourth-order valence-electron chi connectivity index (χ4n) is 5.03. The molecule has 2 aliphatic heterocycles. The third-order valence-corrected chi connectivity index (χ3v) is 13.4. The highest BCUT2D eigenvalue weighted by Gasteiger charge is 2.52. The van der Waals surface area contributed by atoms with E-state index in [1.807, 2.05) is 33.9 Å². The van der Waals surface area contributed by atoms with E-state index in [0.717, 1.165) is 21.0 Å². The van der Waals surface area contributed by atoms with Crippen LogP contribution in [0.15, 0.2) is 0 Å². The fourth-order valence-corrected chi connectivity index (χ4v) is 6.61. The standard InChI is InChI=1S/C31H52Cl3N3O14Si/c1-15-20(35-28(42)44-14-31(32,33)34)22(47-17(3)38)23(48-18(4)39)26(46-15)49-25(19-13-45-30(8,9)50-19)37-24(40)21(36-27(41)43-10)16(2)51-52(11,12)29(5,6)7/h15-16,19-23,25-26H,13-14H2,1-12H3,(H,35,42)(H,36,41)(H,37,40)/t15-,16+,19+,20+,21-,22+,23+,25?,26-/m0/s1. The summed E-state index contributed by atoms with van der Waals surface area (Å²) in [6, 6.07) is -2.48. The number of alkyl halides is 3. The van der Waals surface area contributed by atoms with Crippen LogP contribution in [0.3, 0.4) is 0 Å². The van der Waals surface area contributed by atoms with E-state index in [4.69, 9.17) is 77.1 Å². The number of methoxy groups -OCH3 is 1. The molecule has 2 aliphatic rings. The van der Waals surface area contributed by atoms with E-state index in [-0.39, 0.29) is 11.6 Å². The van der Waals surface area contributed by atoms with Crippen LogP contribution in [0.2, 0.25) is 18.1 Å². The molecule has 0 radical (unpaired) electrons. The first-order valence-electron chi connectivity index (χ1n) is 16.5. The molecule has 3 N–H and O–H groups in total. The lowest BCUT2D eigenvalue weighted by Gasteiger charge is -2.45. The molecule has 21 heteroatoms. The van der Waals surface area contributed by atoms with Crippen LogP contribution < -0.4 is 16.0 Å². The Kier molecular flexibility index (Phi) is 16.3. The molecule has 0 aromatic rings. The zero-order chi connectivity index (χ0) is 40.0. The second-order valence-corrected chi connectivity index (χ2v) is 21.6. The van der Waals surface area contributed by atoms with E-state index >= 15 is 0 Å². The lowest BCUT2D eigenvalue weighted by molar-refractivity contribution is -0.302. The summed E-state index contributed by atoms with van der Waals surface area (Å²) in [6.07, 6.45) is -10.7. The van der Waals surface area contributed by atoms with Crippen molar-refractivity contribution < 1.29 is 66.3 Å². The molecule has 0 aromatic heterocycles. The van der Waals surface area contributed by atoms with Crippen LogP contribution in [0.25, 0.3) is 0 Å². The molecule has 17 nitrogen and oxygen atoms in total. The number of carbonyl (C=O) groups excluding carboxylic acids is 5. The third kappa shape index (κ3) is 13.9. The van der Waals surface area contributed by atoms with Crippen molar-refractivity contribution in [2.75, 3.05) is 20.3 Å². The summed E-state index contributed by atoms with van der Waals surface area (Å²) < 4.78 is 49.5. The van der Waals surface area contributed by atoms with Gasteiger partial charge in [0.25, 0.3) is 0 Å². The van der Waals surface area contributed by atoms with Gasteiger partial charge >= 0.3 is 24.1 Å². The number of halogens is 3. The molecule has 52 heavy (non-hydrogen) atoms. The average Bonchev–Trinajstić information content (AvgIpc) is 3.35. The van der Waals surface area contributed by atoms with Crippen LogP contribution in [0.4, 0.5) is 9.59 Å². The molecule has 1 unspecified atom stereocenters. The number of esters is 2. The van der Waals surface area contributed by atoms with Crippen LogP contribution in [-0.4, -0.2) is 123 Å². The minimum Gasteiger partial charge on any atom is -0.456 e. The molecule has 0 saturated carbocycles. The van der Waals surface area contributed by atoms with Crippen LogP contribution in [0, 0.1) is 0 Å². The van der Waals surface area contributed by atoms with E-state index in [9.17, 15) is 24.0 Å². The highest BCUT2D eigenvalue weighted by molar-refractivity contribution is 6.74. The van der Waals surface area contributed by atoms with Gasteiger partial charge in [-0.05, 0) is 45.8 Å². The first kappa shape index (κ1) is 46.0. The Labute approximate surface area is 320 Å². The van der Waals surface area contributed by atoms with Gasteiger partial charge in [0, 0.05) is 13.8 Å². The van der Waals surface area contributed by atoms with Crippen molar-refractivity contribution >= 4 is 73.2 Å². The molecule has 0 bridgehead atoms. The van der Waals surface area contributed by atoms with Gasteiger partial charge in [0.2, 0.25) is 16.0 Å².